The van der Waals surface area contributed by atoms with E-state index in [1.165, 1.54) is 15.6 Å². The minimum absolute atomic E-state index is 0.168. The van der Waals surface area contributed by atoms with Crippen molar-refractivity contribution in [3.8, 4) is 39.6 Å². The van der Waals surface area contributed by atoms with Crippen molar-refractivity contribution in [3.63, 3.8) is 0 Å². The van der Waals surface area contributed by atoms with Crippen molar-refractivity contribution in [1.29, 1.82) is 0 Å². The number of nitrogens with one attached hydrogen (secondary N) is 2. The zero-order valence-electron chi connectivity index (χ0n) is 30.8. The van der Waals surface area contributed by atoms with Crippen molar-refractivity contribution in [2.45, 2.75) is 26.3 Å². The second-order valence-corrected chi connectivity index (χ2v) is 14.5. The Balaban J connectivity index is 0.000000189. The Hall–Kier alpha value is -5.99. The predicted molar refractivity (Wildman–Crippen MR) is 217 cm³/mol. The van der Waals surface area contributed by atoms with E-state index in [0.717, 1.165) is 45.2 Å². The average Bonchev–Trinajstić information content (AvgIpc) is 3.88. The highest BCUT2D eigenvalue weighted by molar-refractivity contribution is 6.31. The Morgan fingerprint density at radius 1 is 0.661 bits per heavy atom. The molecule has 4 aromatic heterocycles. The third-order valence-corrected chi connectivity index (χ3v) is 10.0. The van der Waals surface area contributed by atoms with Crippen LogP contribution in [0.15, 0.2) is 119 Å². The Bertz CT molecular complexity index is 2740. The summed E-state index contributed by atoms with van der Waals surface area (Å²) in [5.41, 5.74) is 12.1. The first kappa shape index (κ1) is 38.3. The van der Waals surface area contributed by atoms with Gasteiger partial charge in [-0.2, -0.15) is 20.4 Å². The quantitative estimate of drug-likeness (QED) is 0.165. The van der Waals surface area contributed by atoms with Gasteiger partial charge in [-0.1, -0.05) is 71.2 Å². The normalized spacial score (nSPS) is 14.9. The van der Waals surface area contributed by atoms with E-state index < -0.39 is 5.54 Å². The van der Waals surface area contributed by atoms with E-state index in [0.29, 0.717) is 26.4 Å². The molecule has 5 heterocycles. The first-order chi connectivity index (χ1) is 26.7. The lowest BCUT2D eigenvalue weighted by Gasteiger charge is -2.28. The highest BCUT2D eigenvalue weighted by Crippen LogP contribution is 2.37. The molecule has 1 unspecified atom stereocenters. The van der Waals surface area contributed by atoms with Crippen molar-refractivity contribution in [1.82, 2.24) is 50.0 Å². The highest BCUT2D eigenvalue weighted by Gasteiger charge is 2.41. The smallest absolute Gasteiger partial charge is 0.294 e. The van der Waals surface area contributed by atoms with Crippen LogP contribution >= 0.6 is 34.8 Å². The fourth-order valence-corrected chi connectivity index (χ4v) is 6.83. The second-order valence-electron chi connectivity index (χ2n) is 13.2. The minimum Gasteiger partial charge on any atom is -0.506 e. The third kappa shape index (κ3) is 7.25. The molecule has 1 aliphatic rings. The molecule has 3 N–H and O–H groups in total. The van der Waals surface area contributed by atoms with Crippen molar-refractivity contribution in [2.75, 3.05) is 0 Å². The van der Waals surface area contributed by atoms with Gasteiger partial charge in [-0.3, -0.25) is 9.59 Å². The number of hydrazine groups is 1. The van der Waals surface area contributed by atoms with Gasteiger partial charge >= 0.3 is 0 Å². The van der Waals surface area contributed by atoms with Crippen molar-refractivity contribution in [3.05, 3.63) is 167 Å². The molecule has 13 nitrogen and oxygen atoms in total. The van der Waals surface area contributed by atoms with Crippen LogP contribution in [0.1, 0.15) is 29.4 Å². The van der Waals surface area contributed by atoms with E-state index in [9.17, 15) is 14.7 Å². The molecule has 0 bridgehead atoms. The molecule has 0 aliphatic carbocycles. The van der Waals surface area contributed by atoms with Gasteiger partial charge in [0.2, 0.25) is 0 Å². The third-order valence-electron chi connectivity index (χ3n) is 9.29. The molecule has 56 heavy (non-hydrogen) atoms. The number of nitrogens with zero attached hydrogens (tertiary/aromatic N) is 8. The van der Waals surface area contributed by atoms with E-state index in [-0.39, 0.29) is 22.4 Å². The number of halogens is 3. The summed E-state index contributed by atoms with van der Waals surface area (Å²) in [6.45, 7) is 5.71. The molecule has 0 spiro atoms. The lowest BCUT2D eigenvalue weighted by Crippen LogP contribution is -2.47. The van der Waals surface area contributed by atoms with Gasteiger partial charge in [0.1, 0.15) is 17.0 Å². The van der Waals surface area contributed by atoms with Crippen molar-refractivity contribution in [2.24, 2.45) is 14.1 Å². The van der Waals surface area contributed by atoms with Crippen LogP contribution < -0.4 is 22.0 Å². The Morgan fingerprint density at radius 2 is 1.14 bits per heavy atom. The fraction of sp³-hybridized carbons (Fsp3) is 0.150. The van der Waals surface area contributed by atoms with Crippen molar-refractivity contribution < 1.29 is 5.11 Å². The van der Waals surface area contributed by atoms with E-state index in [4.69, 9.17) is 45.0 Å². The molecule has 1 atom stereocenters. The lowest BCUT2D eigenvalue weighted by atomic mass is 9.83. The van der Waals surface area contributed by atoms with E-state index in [1.807, 2.05) is 99.6 Å². The summed E-state index contributed by atoms with van der Waals surface area (Å²) < 4.78 is 5.85. The number of aryl methyl sites for hydroxylation is 4. The van der Waals surface area contributed by atoms with Crippen LogP contribution in [0.25, 0.3) is 33.9 Å². The second kappa shape index (κ2) is 15.3. The highest BCUT2D eigenvalue weighted by atomic mass is 35.5. The van der Waals surface area contributed by atoms with Crippen LogP contribution in [-0.4, -0.2) is 44.2 Å². The van der Waals surface area contributed by atoms with Gasteiger partial charge in [-0.05, 0) is 80.9 Å². The van der Waals surface area contributed by atoms with Gasteiger partial charge in [0.15, 0.2) is 5.69 Å². The molecule has 0 saturated heterocycles. The number of aromatic nitrogens is 8. The van der Waals surface area contributed by atoms with Crippen LogP contribution in [0, 0.1) is 13.8 Å². The Labute approximate surface area is 336 Å². The molecule has 0 radical (unpaired) electrons. The first-order valence-electron chi connectivity index (χ1n) is 17.2. The number of hydrogen-bond donors (Lipinski definition) is 3. The topological polar surface area (TPSA) is 150 Å². The standard InChI is InChI=1S/C25H20Cl2N6O.C15H15ClN4O2/c1-15-12-21(17-4-8-19(26)9-5-17)29-32(15)23-14-28-31(3)25(34)24(23)33-16(2)13-22(30-33)18-6-10-20(27)11-7-18;1-9-7-15(19-18-9,10-3-5-11(16)6-4-10)13-12(21)8-17-20(2)14(13)22/h4-14H,1-3H3;3-8,18-19,21H,1-2H3. The molecule has 1 aliphatic heterocycles. The van der Waals surface area contributed by atoms with Gasteiger partial charge in [0.25, 0.3) is 11.1 Å². The van der Waals surface area contributed by atoms with Crippen LogP contribution in [0.2, 0.25) is 15.1 Å². The molecule has 7 aromatic rings. The van der Waals surface area contributed by atoms with E-state index >= 15 is 0 Å². The van der Waals surface area contributed by atoms with Gasteiger partial charge in [0.05, 0.1) is 29.3 Å². The molecular weight excluding hydrogens is 775 g/mol. The number of benzene rings is 3. The molecular formula is C40H35Cl3N10O3. The molecule has 8 rings (SSSR count). The summed E-state index contributed by atoms with van der Waals surface area (Å²) in [6.07, 6.45) is 4.75. The average molecular weight is 810 g/mol. The molecule has 0 amide bonds. The van der Waals surface area contributed by atoms with Gasteiger partial charge < -0.3 is 10.5 Å². The lowest BCUT2D eigenvalue weighted by molar-refractivity contribution is 0.411. The molecule has 0 saturated carbocycles. The molecule has 16 heteroatoms. The largest absolute Gasteiger partial charge is 0.506 e. The summed E-state index contributed by atoms with van der Waals surface area (Å²) in [7, 11) is 3.16. The number of hydrogen-bond acceptors (Lipinski definition) is 9. The summed E-state index contributed by atoms with van der Waals surface area (Å²) in [5, 5.41) is 29.7. The van der Waals surface area contributed by atoms with Gasteiger partial charge in [0, 0.05) is 57.4 Å². The van der Waals surface area contributed by atoms with E-state index in [2.05, 4.69) is 21.0 Å². The molecule has 284 valence electrons. The summed E-state index contributed by atoms with van der Waals surface area (Å²) >= 11 is 18.0. The van der Waals surface area contributed by atoms with Crippen LogP contribution in [-0.2, 0) is 19.6 Å². The Kier molecular flexibility index (Phi) is 10.4. The monoisotopic (exact) mass is 808 g/mol. The maximum Gasteiger partial charge on any atom is 0.294 e. The van der Waals surface area contributed by atoms with Gasteiger partial charge in [-0.15, -0.1) is 0 Å². The van der Waals surface area contributed by atoms with Crippen molar-refractivity contribution >= 4 is 34.8 Å². The minimum atomic E-state index is -0.990. The fourth-order valence-electron chi connectivity index (χ4n) is 6.46. The van der Waals surface area contributed by atoms with Gasteiger partial charge in [-0.25, -0.2) is 24.2 Å². The SMILES string of the molecule is CC1=CC(c2ccc(Cl)cc2)(c2c(O)cnn(C)c2=O)NN1.Cc1cc(-c2ccc(Cl)cc2)nn1-c1cnn(C)c(=O)c1-n1nc(-c2ccc(Cl)cc2)cc1C. The number of aromatic hydroxyl groups is 1. The summed E-state index contributed by atoms with van der Waals surface area (Å²) in [5.74, 6) is -0.168. The zero-order valence-corrected chi connectivity index (χ0v) is 33.1. The number of rotatable bonds is 6. The van der Waals surface area contributed by atoms with Crippen LogP contribution in [0.5, 0.6) is 5.75 Å². The first-order valence-corrected chi connectivity index (χ1v) is 18.4. The molecule has 3 aromatic carbocycles. The van der Waals surface area contributed by atoms with Crippen LogP contribution in [0.4, 0.5) is 0 Å². The maximum absolute atomic E-state index is 13.3. The molecule has 0 fully saturated rings. The summed E-state index contributed by atoms with van der Waals surface area (Å²) in [4.78, 5) is 25.8. The number of allylic oxidation sites excluding steroid dienone is 1. The van der Waals surface area contributed by atoms with E-state index in [1.54, 1.807) is 41.8 Å². The van der Waals surface area contributed by atoms with Crippen LogP contribution in [0.3, 0.4) is 0 Å². The maximum atomic E-state index is 13.3. The predicted octanol–water partition coefficient (Wildman–Crippen LogP) is 6.80. The summed E-state index contributed by atoms with van der Waals surface area (Å²) in [6, 6.07) is 25.9. The Morgan fingerprint density at radius 3 is 1.68 bits per heavy atom. The zero-order chi connectivity index (χ0) is 39.9.